The van der Waals surface area contributed by atoms with Crippen LogP contribution >= 0.6 is 11.8 Å². The maximum atomic E-state index is 13.1. The molecule has 1 N–H and O–H groups in total. The van der Waals surface area contributed by atoms with Gasteiger partial charge in [-0.25, -0.2) is 4.98 Å². The zero-order valence-corrected chi connectivity index (χ0v) is 17.3. The Bertz CT molecular complexity index is 981. The SMILES string of the molecule is CCOc1ccc(-n2c(SCC(=O)N(C)CCC#N)nc3c(c2=O)NCC3)cc1. The van der Waals surface area contributed by atoms with Gasteiger partial charge in [0.2, 0.25) is 5.91 Å². The smallest absolute Gasteiger partial charge is 0.282 e. The van der Waals surface area contributed by atoms with E-state index < -0.39 is 0 Å². The van der Waals surface area contributed by atoms with Gasteiger partial charge in [-0.05, 0) is 31.2 Å². The number of carbonyl (C=O) groups is 1. The minimum atomic E-state index is -0.176. The lowest BCUT2D eigenvalue weighted by Gasteiger charge is -2.17. The van der Waals surface area contributed by atoms with Gasteiger partial charge in [-0.1, -0.05) is 11.8 Å². The minimum Gasteiger partial charge on any atom is -0.494 e. The molecule has 0 saturated heterocycles. The Hall–Kier alpha value is -2.99. The molecule has 0 atom stereocenters. The van der Waals surface area contributed by atoms with Crippen LogP contribution in [0.25, 0.3) is 5.69 Å². The van der Waals surface area contributed by atoms with Crippen LogP contribution in [0, 0.1) is 11.3 Å². The Morgan fingerprint density at radius 2 is 2.17 bits per heavy atom. The number of hydrogen-bond donors (Lipinski definition) is 1. The maximum absolute atomic E-state index is 13.1. The molecular weight excluding hydrogens is 390 g/mol. The predicted octanol–water partition coefficient (Wildman–Crippen LogP) is 2.06. The highest BCUT2D eigenvalue weighted by molar-refractivity contribution is 7.99. The summed E-state index contributed by atoms with van der Waals surface area (Å²) in [6.45, 7) is 3.52. The van der Waals surface area contributed by atoms with Crippen molar-refractivity contribution in [3.05, 3.63) is 40.3 Å². The number of benzene rings is 1. The monoisotopic (exact) mass is 413 g/mol. The van der Waals surface area contributed by atoms with E-state index in [4.69, 9.17) is 10.00 Å². The molecule has 8 nitrogen and oxygen atoms in total. The summed E-state index contributed by atoms with van der Waals surface area (Å²) in [7, 11) is 1.67. The molecule has 0 bridgehead atoms. The van der Waals surface area contributed by atoms with Crippen LogP contribution in [0.4, 0.5) is 5.69 Å². The lowest BCUT2D eigenvalue weighted by molar-refractivity contribution is -0.127. The quantitative estimate of drug-likeness (QED) is 0.522. The fraction of sp³-hybridized carbons (Fsp3) is 0.400. The summed E-state index contributed by atoms with van der Waals surface area (Å²) in [5.41, 5.74) is 1.73. The van der Waals surface area contributed by atoms with E-state index in [2.05, 4.69) is 10.3 Å². The number of aromatic nitrogens is 2. The standard InChI is InChI=1S/C20H23N5O3S/c1-3-28-15-7-5-14(6-8-15)25-19(27)18-16(9-11-22-18)23-20(25)29-13-17(26)24(2)12-4-10-21/h5-8,22H,3-4,9,11-13H2,1-2H3. The van der Waals surface area contributed by atoms with E-state index in [1.807, 2.05) is 13.0 Å². The molecule has 1 amide bonds. The minimum absolute atomic E-state index is 0.114. The van der Waals surface area contributed by atoms with Gasteiger partial charge in [0.1, 0.15) is 11.4 Å². The van der Waals surface area contributed by atoms with Gasteiger partial charge in [-0.2, -0.15) is 5.26 Å². The zero-order valence-electron chi connectivity index (χ0n) is 16.5. The van der Waals surface area contributed by atoms with Crippen LogP contribution < -0.4 is 15.6 Å². The van der Waals surface area contributed by atoms with Crippen LogP contribution in [-0.4, -0.2) is 52.9 Å². The first-order valence-corrected chi connectivity index (χ1v) is 10.4. The van der Waals surface area contributed by atoms with Gasteiger partial charge in [-0.3, -0.25) is 14.2 Å². The molecule has 0 fully saturated rings. The normalized spacial score (nSPS) is 12.0. The number of anilines is 1. The summed E-state index contributed by atoms with van der Waals surface area (Å²) < 4.78 is 7.00. The van der Waals surface area contributed by atoms with Crippen molar-refractivity contribution in [2.45, 2.75) is 24.9 Å². The zero-order chi connectivity index (χ0) is 20.8. The van der Waals surface area contributed by atoms with E-state index in [1.54, 1.807) is 31.3 Å². The van der Waals surface area contributed by atoms with Gasteiger partial charge in [0, 0.05) is 26.6 Å². The van der Waals surface area contributed by atoms with Crippen LogP contribution in [0.1, 0.15) is 19.0 Å². The average Bonchev–Trinajstić information content (AvgIpc) is 3.20. The van der Waals surface area contributed by atoms with Crippen molar-refractivity contribution in [1.82, 2.24) is 14.5 Å². The molecule has 29 heavy (non-hydrogen) atoms. The highest BCUT2D eigenvalue weighted by atomic mass is 32.2. The van der Waals surface area contributed by atoms with Crippen LogP contribution in [0.2, 0.25) is 0 Å². The molecule has 0 radical (unpaired) electrons. The number of nitrogens with zero attached hydrogens (tertiary/aromatic N) is 4. The van der Waals surface area contributed by atoms with Crippen molar-refractivity contribution in [3.63, 3.8) is 0 Å². The van der Waals surface area contributed by atoms with Crippen molar-refractivity contribution < 1.29 is 9.53 Å². The van der Waals surface area contributed by atoms with Crippen molar-refractivity contribution in [2.75, 3.05) is 37.8 Å². The number of nitriles is 1. The Labute approximate surface area is 173 Å². The number of thioether (sulfide) groups is 1. The fourth-order valence-corrected chi connectivity index (χ4v) is 3.93. The number of hydrogen-bond acceptors (Lipinski definition) is 7. The molecule has 1 aromatic heterocycles. The molecular formula is C20H23N5O3S. The molecule has 1 aliphatic heterocycles. The summed E-state index contributed by atoms with van der Waals surface area (Å²) in [6.07, 6.45) is 0.963. The third kappa shape index (κ3) is 4.71. The third-order valence-corrected chi connectivity index (χ3v) is 5.43. The van der Waals surface area contributed by atoms with Gasteiger partial charge in [0.15, 0.2) is 5.16 Å². The maximum Gasteiger partial charge on any atom is 0.282 e. The summed E-state index contributed by atoms with van der Waals surface area (Å²) in [5.74, 6) is 0.744. The third-order valence-electron chi connectivity index (χ3n) is 4.51. The number of amides is 1. The molecule has 0 spiro atoms. The van der Waals surface area contributed by atoms with E-state index in [0.29, 0.717) is 42.6 Å². The number of ether oxygens (including phenoxy) is 1. The molecule has 0 unspecified atom stereocenters. The van der Waals surface area contributed by atoms with Crippen molar-refractivity contribution in [2.24, 2.45) is 0 Å². The number of carbonyl (C=O) groups excluding carboxylic acids is 1. The largest absolute Gasteiger partial charge is 0.494 e. The molecule has 3 rings (SSSR count). The molecule has 1 aromatic carbocycles. The first-order chi connectivity index (χ1) is 14.0. The summed E-state index contributed by atoms with van der Waals surface area (Å²) in [6, 6.07) is 9.26. The second kappa shape index (κ2) is 9.47. The first-order valence-electron chi connectivity index (χ1n) is 9.42. The fourth-order valence-electron chi connectivity index (χ4n) is 2.97. The van der Waals surface area contributed by atoms with E-state index in [1.165, 1.54) is 21.2 Å². The molecule has 0 aliphatic carbocycles. The van der Waals surface area contributed by atoms with Crippen LogP contribution in [-0.2, 0) is 11.2 Å². The lowest BCUT2D eigenvalue weighted by Crippen LogP contribution is -2.30. The molecule has 9 heteroatoms. The van der Waals surface area contributed by atoms with Crippen LogP contribution in [0.5, 0.6) is 5.75 Å². The van der Waals surface area contributed by atoms with Gasteiger partial charge < -0.3 is 15.0 Å². The topological polar surface area (TPSA) is 100 Å². The Morgan fingerprint density at radius 1 is 1.41 bits per heavy atom. The van der Waals surface area contributed by atoms with Gasteiger partial charge in [-0.15, -0.1) is 0 Å². The lowest BCUT2D eigenvalue weighted by atomic mass is 10.3. The average molecular weight is 414 g/mol. The van der Waals surface area contributed by atoms with E-state index in [9.17, 15) is 9.59 Å². The van der Waals surface area contributed by atoms with Crippen molar-refractivity contribution in [1.29, 1.82) is 5.26 Å². The number of fused-ring (bicyclic) bond motifs is 1. The number of rotatable bonds is 8. The second-order valence-corrected chi connectivity index (χ2v) is 7.41. The van der Waals surface area contributed by atoms with E-state index >= 15 is 0 Å². The van der Waals surface area contributed by atoms with Gasteiger partial charge >= 0.3 is 0 Å². The first kappa shape index (κ1) is 20.7. The summed E-state index contributed by atoms with van der Waals surface area (Å²) in [4.78, 5) is 31.6. The Morgan fingerprint density at radius 3 is 2.86 bits per heavy atom. The van der Waals surface area contributed by atoms with Gasteiger partial charge in [0.05, 0.1) is 36.2 Å². The molecule has 0 saturated carbocycles. The summed E-state index contributed by atoms with van der Waals surface area (Å²) >= 11 is 1.23. The molecule has 2 aromatic rings. The molecule has 1 aliphatic rings. The van der Waals surface area contributed by atoms with Crippen molar-refractivity contribution in [3.8, 4) is 17.5 Å². The highest BCUT2D eigenvalue weighted by Crippen LogP contribution is 2.25. The Kier molecular flexibility index (Phi) is 6.77. The highest BCUT2D eigenvalue weighted by Gasteiger charge is 2.22. The second-order valence-electron chi connectivity index (χ2n) is 6.47. The number of nitrogens with one attached hydrogen (secondary N) is 1. The molecule has 152 valence electrons. The molecule has 2 heterocycles. The van der Waals surface area contributed by atoms with Crippen LogP contribution in [0.15, 0.2) is 34.2 Å². The Balaban J connectivity index is 1.90. The summed E-state index contributed by atoms with van der Waals surface area (Å²) in [5, 5.41) is 12.3. The van der Waals surface area contributed by atoms with E-state index in [0.717, 1.165) is 11.4 Å². The predicted molar refractivity (Wildman–Crippen MR) is 112 cm³/mol. The van der Waals surface area contributed by atoms with E-state index in [-0.39, 0.29) is 23.6 Å². The van der Waals surface area contributed by atoms with Gasteiger partial charge in [0.25, 0.3) is 5.56 Å². The van der Waals surface area contributed by atoms with Crippen molar-refractivity contribution >= 4 is 23.4 Å². The van der Waals surface area contributed by atoms with Crippen LogP contribution in [0.3, 0.4) is 0 Å².